The fourth-order valence-electron chi connectivity index (χ4n) is 2.51. The second-order valence-electron chi connectivity index (χ2n) is 5.09. The van der Waals surface area contributed by atoms with Crippen LogP contribution in [0, 0.1) is 0 Å². The fraction of sp³-hybridized carbons (Fsp3) is 0.188. The highest BCUT2D eigenvalue weighted by atomic mass is 16.6. The van der Waals surface area contributed by atoms with Crippen LogP contribution >= 0.6 is 0 Å². The van der Waals surface area contributed by atoms with Gasteiger partial charge in [-0.25, -0.2) is 4.98 Å². The topological polar surface area (TPSA) is 66.2 Å². The van der Waals surface area contributed by atoms with Crippen LogP contribution in [0.5, 0.6) is 11.5 Å². The molecule has 3 heterocycles. The molecule has 2 aromatic heterocycles. The standard InChI is InChI=1S/C16H13N3O3/c20-16-12-7-17-6-5-13(12)18-10-19(16)8-11-9-21-14-3-1-2-4-15(14)22-11/h1-7,10-11H,8-9H2. The van der Waals surface area contributed by atoms with Gasteiger partial charge in [0.15, 0.2) is 17.6 Å². The van der Waals surface area contributed by atoms with E-state index in [-0.39, 0.29) is 11.7 Å². The summed E-state index contributed by atoms with van der Waals surface area (Å²) in [5, 5.41) is 0.502. The smallest absolute Gasteiger partial charge is 0.262 e. The number of para-hydroxylation sites is 2. The first kappa shape index (κ1) is 12.8. The monoisotopic (exact) mass is 295 g/mol. The van der Waals surface area contributed by atoms with Crippen LogP contribution in [0.3, 0.4) is 0 Å². The zero-order valence-corrected chi connectivity index (χ0v) is 11.7. The van der Waals surface area contributed by atoms with E-state index in [1.54, 1.807) is 12.3 Å². The highest BCUT2D eigenvalue weighted by Crippen LogP contribution is 2.31. The number of hydrogen-bond donors (Lipinski definition) is 0. The van der Waals surface area contributed by atoms with Crippen LogP contribution in [-0.2, 0) is 6.54 Å². The van der Waals surface area contributed by atoms with E-state index in [1.807, 2.05) is 24.3 Å². The highest BCUT2D eigenvalue weighted by Gasteiger charge is 2.21. The molecular formula is C16H13N3O3. The van der Waals surface area contributed by atoms with Crippen molar-refractivity contribution in [3.63, 3.8) is 0 Å². The van der Waals surface area contributed by atoms with Crippen LogP contribution in [0.2, 0.25) is 0 Å². The molecule has 1 aliphatic heterocycles. The summed E-state index contributed by atoms with van der Waals surface area (Å²) in [4.78, 5) is 20.7. The van der Waals surface area contributed by atoms with Gasteiger partial charge in [-0.2, -0.15) is 0 Å². The molecular weight excluding hydrogens is 282 g/mol. The number of aromatic nitrogens is 3. The number of benzene rings is 1. The van der Waals surface area contributed by atoms with Crippen LogP contribution < -0.4 is 15.0 Å². The second kappa shape index (κ2) is 5.14. The highest BCUT2D eigenvalue weighted by molar-refractivity contribution is 5.75. The van der Waals surface area contributed by atoms with Crippen LogP contribution in [0.1, 0.15) is 0 Å². The average molecular weight is 295 g/mol. The first-order valence-corrected chi connectivity index (χ1v) is 6.99. The van der Waals surface area contributed by atoms with Crippen molar-refractivity contribution in [2.75, 3.05) is 6.61 Å². The number of fused-ring (bicyclic) bond motifs is 2. The molecule has 1 atom stereocenters. The molecule has 6 nitrogen and oxygen atoms in total. The summed E-state index contributed by atoms with van der Waals surface area (Å²) in [6, 6.07) is 9.22. The Morgan fingerprint density at radius 1 is 1.23 bits per heavy atom. The molecule has 0 spiro atoms. The Bertz CT molecular complexity index is 891. The average Bonchev–Trinajstić information content (AvgIpc) is 2.57. The van der Waals surface area contributed by atoms with Gasteiger partial charge in [-0.15, -0.1) is 0 Å². The van der Waals surface area contributed by atoms with E-state index in [0.717, 1.165) is 5.75 Å². The predicted molar refractivity (Wildman–Crippen MR) is 80.2 cm³/mol. The van der Waals surface area contributed by atoms with Gasteiger partial charge < -0.3 is 9.47 Å². The second-order valence-corrected chi connectivity index (χ2v) is 5.09. The lowest BCUT2D eigenvalue weighted by atomic mass is 10.2. The van der Waals surface area contributed by atoms with Gasteiger partial charge in [0, 0.05) is 12.4 Å². The van der Waals surface area contributed by atoms with E-state index in [1.165, 1.54) is 17.1 Å². The van der Waals surface area contributed by atoms with Crippen molar-refractivity contribution in [1.29, 1.82) is 0 Å². The zero-order valence-electron chi connectivity index (χ0n) is 11.7. The number of hydrogen-bond acceptors (Lipinski definition) is 5. The Labute approximate surface area is 126 Å². The molecule has 0 radical (unpaired) electrons. The summed E-state index contributed by atoms with van der Waals surface area (Å²) in [6.07, 6.45) is 4.46. The van der Waals surface area contributed by atoms with E-state index in [4.69, 9.17) is 9.47 Å². The maximum atomic E-state index is 12.4. The van der Waals surface area contributed by atoms with Crippen molar-refractivity contribution in [3.8, 4) is 11.5 Å². The molecule has 3 aromatic rings. The van der Waals surface area contributed by atoms with E-state index < -0.39 is 0 Å². The molecule has 4 rings (SSSR count). The minimum Gasteiger partial charge on any atom is -0.486 e. The minimum atomic E-state index is -0.233. The van der Waals surface area contributed by atoms with Gasteiger partial charge in [-0.3, -0.25) is 14.3 Å². The van der Waals surface area contributed by atoms with Crippen molar-refractivity contribution < 1.29 is 9.47 Å². The molecule has 1 aliphatic rings. The summed E-state index contributed by atoms with van der Waals surface area (Å²) in [5.41, 5.74) is 0.517. The minimum absolute atomic E-state index is 0.124. The number of ether oxygens (including phenoxy) is 2. The molecule has 22 heavy (non-hydrogen) atoms. The SMILES string of the molecule is O=c1c2cnccc2ncn1CC1COc2ccccc2O1. The van der Waals surface area contributed by atoms with Gasteiger partial charge in [-0.1, -0.05) is 12.1 Å². The number of rotatable bonds is 2. The lowest BCUT2D eigenvalue weighted by molar-refractivity contribution is 0.0777. The van der Waals surface area contributed by atoms with E-state index >= 15 is 0 Å². The lowest BCUT2D eigenvalue weighted by Gasteiger charge is -2.26. The van der Waals surface area contributed by atoms with E-state index in [0.29, 0.717) is 29.8 Å². The molecule has 110 valence electrons. The van der Waals surface area contributed by atoms with Gasteiger partial charge in [0.1, 0.15) is 6.61 Å². The third-order valence-electron chi connectivity index (χ3n) is 3.59. The first-order valence-electron chi connectivity index (χ1n) is 6.99. The molecule has 1 aromatic carbocycles. The van der Waals surface area contributed by atoms with Crippen LogP contribution in [0.25, 0.3) is 10.9 Å². The zero-order chi connectivity index (χ0) is 14.9. The van der Waals surface area contributed by atoms with Crippen LogP contribution in [0.15, 0.2) is 53.8 Å². The first-order chi connectivity index (χ1) is 10.8. The van der Waals surface area contributed by atoms with Crippen LogP contribution in [0.4, 0.5) is 0 Å². The molecule has 0 fully saturated rings. The predicted octanol–water partition coefficient (Wildman–Crippen LogP) is 1.63. The summed E-state index contributed by atoms with van der Waals surface area (Å²) in [6.45, 7) is 0.777. The summed E-state index contributed by atoms with van der Waals surface area (Å²) < 4.78 is 13.1. The van der Waals surface area contributed by atoms with Crippen LogP contribution in [-0.4, -0.2) is 27.2 Å². The summed E-state index contributed by atoms with van der Waals surface area (Å²) in [7, 11) is 0. The molecule has 0 N–H and O–H groups in total. The maximum Gasteiger partial charge on any atom is 0.262 e. The summed E-state index contributed by atoms with van der Waals surface area (Å²) in [5.74, 6) is 1.43. The van der Waals surface area contributed by atoms with Gasteiger partial charge in [0.2, 0.25) is 0 Å². The van der Waals surface area contributed by atoms with Gasteiger partial charge in [0.25, 0.3) is 5.56 Å². The Morgan fingerprint density at radius 3 is 3.00 bits per heavy atom. The normalized spacial score (nSPS) is 16.6. The van der Waals surface area contributed by atoms with Crippen molar-refractivity contribution >= 4 is 10.9 Å². The Kier molecular flexibility index (Phi) is 3.00. The fourth-order valence-corrected chi connectivity index (χ4v) is 2.51. The number of pyridine rings is 1. The van der Waals surface area contributed by atoms with Gasteiger partial charge in [-0.05, 0) is 18.2 Å². The van der Waals surface area contributed by atoms with E-state index in [9.17, 15) is 4.79 Å². The lowest BCUT2D eigenvalue weighted by Crippen LogP contribution is -2.36. The Balaban J connectivity index is 1.62. The third-order valence-corrected chi connectivity index (χ3v) is 3.59. The number of nitrogens with zero attached hydrogens (tertiary/aromatic N) is 3. The summed E-state index contributed by atoms with van der Waals surface area (Å²) >= 11 is 0. The van der Waals surface area contributed by atoms with Crippen molar-refractivity contribution in [3.05, 3.63) is 59.4 Å². The van der Waals surface area contributed by atoms with Crippen molar-refractivity contribution in [1.82, 2.24) is 14.5 Å². The van der Waals surface area contributed by atoms with E-state index in [2.05, 4.69) is 9.97 Å². The Hall–Kier alpha value is -2.89. The van der Waals surface area contributed by atoms with Crippen molar-refractivity contribution in [2.45, 2.75) is 12.6 Å². The molecule has 6 heteroatoms. The van der Waals surface area contributed by atoms with Crippen molar-refractivity contribution in [2.24, 2.45) is 0 Å². The molecule has 0 saturated heterocycles. The molecule has 0 saturated carbocycles. The molecule has 0 bridgehead atoms. The molecule has 1 unspecified atom stereocenters. The molecule has 0 amide bonds. The van der Waals surface area contributed by atoms with Gasteiger partial charge >= 0.3 is 0 Å². The third kappa shape index (κ3) is 2.18. The quantitative estimate of drug-likeness (QED) is 0.719. The largest absolute Gasteiger partial charge is 0.486 e. The maximum absolute atomic E-state index is 12.4. The molecule has 0 aliphatic carbocycles. The Morgan fingerprint density at radius 2 is 2.09 bits per heavy atom. The van der Waals surface area contributed by atoms with Gasteiger partial charge in [0.05, 0.1) is 23.8 Å².